The van der Waals surface area contributed by atoms with Crippen LogP contribution in [0.5, 0.6) is 5.75 Å². The van der Waals surface area contributed by atoms with Crippen LogP contribution in [0.3, 0.4) is 0 Å². The third kappa shape index (κ3) is 2.74. The van der Waals surface area contributed by atoms with Gasteiger partial charge in [0.1, 0.15) is 17.7 Å². The lowest BCUT2D eigenvalue weighted by atomic mass is 9.84. The fourth-order valence-corrected chi connectivity index (χ4v) is 4.28. The van der Waals surface area contributed by atoms with Crippen molar-refractivity contribution in [3.8, 4) is 5.75 Å². The summed E-state index contributed by atoms with van der Waals surface area (Å²) in [5.74, 6) is 0.722. The monoisotopic (exact) mass is 376 g/mol. The molecule has 0 radical (unpaired) electrons. The third-order valence-electron chi connectivity index (χ3n) is 5.74. The molecule has 2 aliphatic rings. The molecular weight excluding hydrogens is 356 g/mol. The second kappa shape index (κ2) is 6.44. The zero-order valence-electron chi connectivity index (χ0n) is 15.4. The predicted molar refractivity (Wildman–Crippen MR) is 101 cm³/mol. The number of para-hydroxylation sites is 1. The lowest BCUT2D eigenvalue weighted by Crippen LogP contribution is -2.43. The Morgan fingerprint density at radius 3 is 2.93 bits per heavy atom. The molecule has 1 aromatic carbocycles. The fourth-order valence-electron chi connectivity index (χ4n) is 4.28. The molecule has 1 spiro atoms. The largest absolute Gasteiger partial charge is 0.486 e. The molecule has 142 valence electrons. The molecule has 0 aliphatic carbocycles. The molecular formula is C21H20N4O3. The van der Waals surface area contributed by atoms with Gasteiger partial charge >= 0.3 is 0 Å². The maximum absolute atomic E-state index is 13.1. The van der Waals surface area contributed by atoms with E-state index in [4.69, 9.17) is 4.74 Å². The van der Waals surface area contributed by atoms with E-state index < -0.39 is 5.60 Å². The normalized spacial score (nSPS) is 22.0. The van der Waals surface area contributed by atoms with Crippen LogP contribution in [0.15, 0.2) is 48.9 Å². The second-order valence-corrected chi connectivity index (χ2v) is 7.51. The van der Waals surface area contributed by atoms with Crippen LogP contribution in [0.1, 0.15) is 46.4 Å². The zero-order chi connectivity index (χ0) is 19.1. The molecule has 0 bridgehead atoms. The molecule has 1 amide bonds. The summed E-state index contributed by atoms with van der Waals surface area (Å²) >= 11 is 0. The lowest BCUT2D eigenvalue weighted by molar-refractivity contribution is 0.0300. The van der Waals surface area contributed by atoms with Gasteiger partial charge in [-0.3, -0.25) is 14.0 Å². The summed E-state index contributed by atoms with van der Waals surface area (Å²) in [7, 11) is 0. The van der Waals surface area contributed by atoms with Crippen LogP contribution in [0.25, 0.3) is 5.65 Å². The summed E-state index contributed by atoms with van der Waals surface area (Å²) in [6.45, 7) is 1.18. The molecule has 1 saturated heterocycles. The predicted octanol–water partition coefficient (Wildman–Crippen LogP) is 2.76. The average Bonchev–Trinajstić information content (AvgIpc) is 3.10. The highest BCUT2D eigenvalue weighted by Crippen LogP contribution is 2.39. The number of ketones is 1. The number of Topliss-reactive ketones (excluding diaryl/α,β-unsaturated/α-hetero) is 1. The molecule has 1 unspecified atom stereocenters. The van der Waals surface area contributed by atoms with Crippen LogP contribution < -0.4 is 4.74 Å². The smallest absolute Gasteiger partial charge is 0.257 e. The van der Waals surface area contributed by atoms with Crippen molar-refractivity contribution in [3.05, 3.63) is 60.0 Å². The highest BCUT2D eigenvalue weighted by Gasteiger charge is 2.42. The van der Waals surface area contributed by atoms with Crippen LogP contribution >= 0.6 is 0 Å². The maximum Gasteiger partial charge on any atom is 0.257 e. The van der Waals surface area contributed by atoms with Gasteiger partial charge in [0.25, 0.3) is 5.91 Å². The quantitative estimate of drug-likeness (QED) is 0.653. The minimum atomic E-state index is -0.526. The number of aromatic nitrogens is 3. The number of pyridine rings is 1. The molecule has 5 rings (SSSR count). The van der Waals surface area contributed by atoms with Crippen molar-refractivity contribution in [1.29, 1.82) is 0 Å². The number of rotatable bonds is 1. The minimum Gasteiger partial charge on any atom is -0.486 e. The van der Waals surface area contributed by atoms with Crippen LogP contribution in [0.2, 0.25) is 0 Å². The van der Waals surface area contributed by atoms with Gasteiger partial charge < -0.3 is 9.64 Å². The minimum absolute atomic E-state index is 0.0572. The van der Waals surface area contributed by atoms with Crippen molar-refractivity contribution in [1.82, 2.24) is 19.5 Å². The van der Waals surface area contributed by atoms with E-state index in [0.717, 1.165) is 12.8 Å². The Morgan fingerprint density at radius 2 is 2.00 bits per heavy atom. The Balaban J connectivity index is 1.38. The number of amides is 1. The summed E-state index contributed by atoms with van der Waals surface area (Å²) in [6.07, 6.45) is 5.95. The first-order valence-corrected chi connectivity index (χ1v) is 9.54. The van der Waals surface area contributed by atoms with Crippen LogP contribution in [0, 0.1) is 0 Å². The standard InChI is InChI=1S/C21H20N4O3/c26-17-13-21(28-18-7-2-1-5-15(17)18)8-4-11-24(12-9-21)20(27)16-6-3-10-25-14-22-23-19(16)25/h1-3,5-7,10,14H,4,8-9,11-13H2. The highest BCUT2D eigenvalue weighted by molar-refractivity contribution is 6.01. The number of carbonyl (C=O) groups excluding carboxylic acids is 2. The number of ether oxygens (including phenoxy) is 1. The molecule has 28 heavy (non-hydrogen) atoms. The number of carbonyl (C=O) groups is 2. The van der Waals surface area contributed by atoms with Crippen molar-refractivity contribution < 1.29 is 14.3 Å². The van der Waals surface area contributed by atoms with Gasteiger partial charge in [-0.15, -0.1) is 10.2 Å². The number of fused-ring (bicyclic) bond motifs is 2. The third-order valence-corrected chi connectivity index (χ3v) is 5.74. The number of benzene rings is 1. The summed E-state index contributed by atoms with van der Waals surface area (Å²) in [6, 6.07) is 11.0. The Labute approximate surface area is 161 Å². The van der Waals surface area contributed by atoms with Gasteiger partial charge in [-0.25, -0.2) is 0 Å². The van der Waals surface area contributed by atoms with Crippen molar-refractivity contribution >= 4 is 17.3 Å². The molecule has 7 heteroatoms. The van der Waals surface area contributed by atoms with E-state index in [1.54, 1.807) is 16.8 Å². The molecule has 2 aliphatic heterocycles. The summed E-state index contributed by atoms with van der Waals surface area (Å²) in [4.78, 5) is 27.6. The van der Waals surface area contributed by atoms with E-state index in [1.165, 1.54) is 0 Å². The van der Waals surface area contributed by atoms with Crippen LogP contribution in [-0.4, -0.2) is 49.9 Å². The molecule has 0 N–H and O–H groups in total. The molecule has 1 atom stereocenters. The van der Waals surface area contributed by atoms with Gasteiger partial charge in [-0.05, 0) is 37.1 Å². The first-order chi connectivity index (χ1) is 13.7. The van der Waals surface area contributed by atoms with Gasteiger partial charge in [-0.1, -0.05) is 12.1 Å². The highest BCUT2D eigenvalue weighted by atomic mass is 16.5. The fraction of sp³-hybridized carbons (Fsp3) is 0.333. The zero-order valence-corrected chi connectivity index (χ0v) is 15.4. The van der Waals surface area contributed by atoms with Crippen LogP contribution in [0.4, 0.5) is 0 Å². The summed E-state index contributed by atoms with van der Waals surface area (Å²) in [5, 5.41) is 7.96. The van der Waals surface area contributed by atoms with Crippen molar-refractivity contribution in [2.75, 3.05) is 13.1 Å². The number of hydrogen-bond donors (Lipinski definition) is 0. The Hall–Kier alpha value is -3.22. The van der Waals surface area contributed by atoms with E-state index in [-0.39, 0.29) is 11.7 Å². The molecule has 3 aromatic rings. The number of nitrogens with zero attached hydrogens (tertiary/aromatic N) is 4. The van der Waals surface area contributed by atoms with Crippen LogP contribution in [-0.2, 0) is 0 Å². The Kier molecular flexibility index (Phi) is 3.89. The molecule has 2 aromatic heterocycles. The lowest BCUT2D eigenvalue weighted by Gasteiger charge is -2.37. The maximum atomic E-state index is 13.1. The van der Waals surface area contributed by atoms with Crippen molar-refractivity contribution in [2.45, 2.75) is 31.3 Å². The first kappa shape index (κ1) is 16.9. The Morgan fingerprint density at radius 1 is 1.11 bits per heavy atom. The van der Waals surface area contributed by atoms with E-state index in [1.807, 2.05) is 41.4 Å². The van der Waals surface area contributed by atoms with Crippen molar-refractivity contribution in [2.24, 2.45) is 0 Å². The molecule has 7 nitrogen and oxygen atoms in total. The van der Waals surface area contributed by atoms with Gasteiger partial charge in [0.15, 0.2) is 11.4 Å². The number of likely N-dealkylation sites (tertiary alicyclic amines) is 1. The van der Waals surface area contributed by atoms with Gasteiger partial charge in [-0.2, -0.15) is 0 Å². The van der Waals surface area contributed by atoms with Gasteiger partial charge in [0.05, 0.1) is 17.5 Å². The van der Waals surface area contributed by atoms with E-state index in [2.05, 4.69) is 10.2 Å². The topological polar surface area (TPSA) is 76.8 Å². The molecule has 0 saturated carbocycles. The number of hydrogen-bond acceptors (Lipinski definition) is 5. The second-order valence-electron chi connectivity index (χ2n) is 7.51. The van der Waals surface area contributed by atoms with E-state index >= 15 is 0 Å². The van der Waals surface area contributed by atoms with E-state index in [0.29, 0.717) is 48.5 Å². The molecule has 1 fully saturated rings. The average molecular weight is 376 g/mol. The molecule has 4 heterocycles. The van der Waals surface area contributed by atoms with Gasteiger partial charge in [0.2, 0.25) is 0 Å². The Bertz CT molecular complexity index is 1080. The SMILES string of the molecule is O=C1CC2(CCCN(C(=O)c3cccn4cnnc34)CC2)Oc2ccccc21. The van der Waals surface area contributed by atoms with Crippen molar-refractivity contribution in [3.63, 3.8) is 0 Å². The first-order valence-electron chi connectivity index (χ1n) is 9.54. The van der Waals surface area contributed by atoms with Gasteiger partial charge in [0, 0.05) is 25.7 Å². The summed E-state index contributed by atoms with van der Waals surface area (Å²) < 4.78 is 8.06. The summed E-state index contributed by atoms with van der Waals surface area (Å²) in [5.41, 5.74) is 1.23. The van der Waals surface area contributed by atoms with E-state index in [9.17, 15) is 9.59 Å².